The first-order valence-corrected chi connectivity index (χ1v) is 11.4. The zero-order chi connectivity index (χ0) is 22.5. The molecule has 0 spiro atoms. The number of aliphatic hydroxyl groups is 1. The molecule has 0 aliphatic carbocycles. The number of anilines is 1. The number of aryl methyl sites for hydroxylation is 1. The highest BCUT2D eigenvalue weighted by molar-refractivity contribution is 7.99. The third-order valence-corrected chi connectivity index (χ3v) is 6.35. The van der Waals surface area contributed by atoms with E-state index in [0.29, 0.717) is 12.2 Å². The Morgan fingerprint density at radius 2 is 1.88 bits per heavy atom. The number of carbonyl (C=O) groups excluding carboxylic acids is 1. The molecule has 3 aromatic rings. The van der Waals surface area contributed by atoms with Gasteiger partial charge in [-0.3, -0.25) is 4.79 Å². The van der Waals surface area contributed by atoms with Crippen LogP contribution >= 0.6 is 11.8 Å². The van der Waals surface area contributed by atoms with Crippen molar-refractivity contribution in [3.8, 4) is 0 Å². The van der Waals surface area contributed by atoms with Crippen LogP contribution in [0.25, 0.3) is 0 Å². The predicted molar refractivity (Wildman–Crippen MR) is 121 cm³/mol. The van der Waals surface area contributed by atoms with Gasteiger partial charge in [0.15, 0.2) is 11.4 Å². The number of benzene rings is 2. The number of aliphatic hydroxyl groups excluding tert-OH is 1. The third-order valence-electron chi connectivity index (χ3n) is 5.19. The highest BCUT2D eigenvalue weighted by atomic mass is 32.2. The van der Waals surface area contributed by atoms with E-state index < -0.39 is 6.29 Å². The molecular weight excluding hydrogens is 428 g/mol. The van der Waals surface area contributed by atoms with Crippen molar-refractivity contribution >= 4 is 23.4 Å². The van der Waals surface area contributed by atoms with E-state index in [9.17, 15) is 9.90 Å². The van der Waals surface area contributed by atoms with E-state index in [0.717, 1.165) is 27.5 Å². The highest BCUT2D eigenvalue weighted by Gasteiger charge is 2.32. The molecule has 3 atom stereocenters. The van der Waals surface area contributed by atoms with Crippen LogP contribution in [0.5, 0.6) is 0 Å². The molecule has 168 valence electrons. The number of hydrogen-bond acceptors (Lipinski definition) is 7. The quantitative estimate of drug-likeness (QED) is 0.526. The largest absolute Gasteiger partial charge is 0.392 e. The summed E-state index contributed by atoms with van der Waals surface area (Å²) in [6.45, 7) is 1.49. The van der Waals surface area contributed by atoms with Crippen LogP contribution in [0, 0.1) is 0 Å². The van der Waals surface area contributed by atoms with Crippen LogP contribution in [-0.2, 0) is 27.9 Å². The van der Waals surface area contributed by atoms with Crippen LogP contribution < -0.4 is 5.32 Å². The zero-order valence-corrected chi connectivity index (χ0v) is 18.8. The molecule has 0 radical (unpaired) electrons. The van der Waals surface area contributed by atoms with Gasteiger partial charge in [0.05, 0.1) is 18.8 Å². The smallest absolute Gasteiger partial charge is 0.221 e. The standard InChI is InChI=1S/C23H26N4O4S/c1-15(29)25-19-9-7-18(8-10-19)22-30-20(13-32-23-26-24-14-27(23)2)11-21(31-22)17-5-3-16(12-28)4-6-17/h3-10,14,20-22,28H,11-13H2,1-2H3,(H,25,29). The Morgan fingerprint density at radius 1 is 1.16 bits per heavy atom. The molecule has 4 rings (SSSR count). The number of ether oxygens (including phenoxy) is 2. The summed E-state index contributed by atoms with van der Waals surface area (Å²) in [6.07, 6.45) is 1.62. The second-order valence-electron chi connectivity index (χ2n) is 7.69. The number of nitrogens with zero attached hydrogens (tertiary/aromatic N) is 3. The van der Waals surface area contributed by atoms with Gasteiger partial charge in [-0.25, -0.2) is 0 Å². The van der Waals surface area contributed by atoms with Crippen molar-refractivity contribution in [2.24, 2.45) is 7.05 Å². The molecule has 1 aliphatic rings. The van der Waals surface area contributed by atoms with Crippen molar-refractivity contribution < 1.29 is 19.4 Å². The van der Waals surface area contributed by atoms with Gasteiger partial charge < -0.3 is 24.5 Å². The fraction of sp³-hybridized carbons (Fsp3) is 0.348. The molecule has 32 heavy (non-hydrogen) atoms. The van der Waals surface area contributed by atoms with Crippen molar-refractivity contribution in [2.75, 3.05) is 11.1 Å². The molecule has 1 aliphatic heterocycles. The van der Waals surface area contributed by atoms with Gasteiger partial charge in [0.1, 0.15) is 6.33 Å². The lowest BCUT2D eigenvalue weighted by Crippen LogP contribution is -2.31. The first-order valence-electron chi connectivity index (χ1n) is 10.4. The lowest BCUT2D eigenvalue weighted by Gasteiger charge is -2.36. The Bertz CT molecular complexity index is 1040. The molecule has 0 saturated carbocycles. The van der Waals surface area contributed by atoms with Crippen LogP contribution in [-0.4, -0.2) is 37.6 Å². The minimum Gasteiger partial charge on any atom is -0.392 e. The first-order chi connectivity index (χ1) is 15.5. The lowest BCUT2D eigenvalue weighted by atomic mass is 10.0. The molecular formula is C23H26N4O4S. The molecule has 1 aromatic heterocycles. The molecule has 3 unspecified atom stereocenters. The van der Waals surface area contributed by atoms with E-state index >= 15 is 0 Å². The van der Waals surface area contributed by atoms with E-state index in [1.807, 2.05) is 60.1 Å². The monoisotopic (exact) mass is 454 g/mol. The summed E-state index contributed by atoms with van der Waals surface area (Å²) in [6, 6.07) is 15.3. The molecule has 2 N–H and O–H groups in total. The van der Waals surface area contributed by atoms with Crippen molar-refractivity contribution in [3.05, 3.63) is 71.5 Å². The zero-order valence-electron chi connectivity index (χ0n) is 18.0. The Hall–Kier alpha value is -2.72. The fourth-order valence-electron chi connectivity index (χ4n) is 3.52. The third kappa shape index (κ3) is 5.55. The van der Waals surface area contributed by atoms with E-state index in [1.54, 1.807) is 18.1 Å². The molecule has 1 fully saturated rings. The lowest BCUT2D eigenvalue weighted by molar-refractivity contribution is -0.245. The van der Waals surface area contributed by atoms with Gasteiger partial charge in [0.25, 0.3) is 0 Å². The van der Waals surface area contributed by atoms with Gasteiger partial charge in [-0.2, -0.15) is 0 Å². The number of aromatic nitrogens is 3. The van der Waals surface area contributed by atoms with Crippen molar-refractivity contribution in [1.82, 2.24) is 14.8 Å². The summed E-state index contributed by atoms with van der Waals surface area (Å²) >= 11 is 1.60. The topological polar surface area (TPSA) is 98.5 Å². The first kappa shape index (κ1) is 22.5. The summed E-state index contributed by atoms with van der Waals surface area (Å²) in [5.74, 6) is 0.594. The van der Waals surface area contributed by atoms with Crippen LogP contribution in [0.2, 0.25) is 0 Å². The van der Waals surface area contributed by atoms with Crippen LogP contribution in [0.3, 0.4) is 0 Å². The minimum absolute atomic E-state index is 0.00908. The molecule has 2 heterocycles. The van der Waals surface area contributed by atoms with Gasteiger partial charge in [0.2, 0.25) is 5.91 Å². The second kappa shape index (κ2) is 10.3. The van der Waals surface area contributed by atoms with Crippen molar-refractivity contribution in [1.29, 1.82) is 0 Å². The van der Waals surface area contributed by atoms with Crippen LogP contribution in [0.4, 0.5) is 5.69 Å². The summed E-state index contributed by atoms with van der Waals surface area (Å²) < 4.78 is 14.5. The Balaban J connectivity index is 1.52. The number of nitrogens with one attached hydrogen (secondary N) is 1. The van der Waals surface area contributed by atoms with E-state index in [2.05, 4.69) is 15.5 Å². The number of hydrogen-bond donors (Lipinski definition) is 2. The van der Waals surface area contributed by atoms with Crippen molar-refractivity contribution in [3.63, 3.8) is 0 Å². The average molecular weight is 455 g/mol. The average Bonchev–Trinajstić information content (AvgIpc) is 3.22. The molecule has 1 amide bonds. The fourth-order valence-corrected chi connectivity index (χ4v) is 4.43. The molecule has 2 aromatic carbocycles. The number of rotatable bonds is 7. The SMILES string of the molecule is CC(=O)Nc1ccc(C2OC(CSc3nncn3C)CC(c3ccc(CO)cc3)O2)cc1. The van der Waals surface area contributed by atoms with Crippen LogP contribution in [0.1, 0.15) is 42.4 Å². The number of thioether (sulfide) groups is 1. The maximum absolute atomic E-state index is 11.3. The predicted octanol–water partition coefficient (Wildman–Crippen LogP) is 3.60. The Morgan fingerprint density at radius 3 is 2.50 bits per heavy atom. The van der Waals surface area contributed by atoms with Gasteiger partial charge in [-0.05, 0) is 23.3 Å². The highest BCUT2D eigenvalue weighted by Crippen LogP contribution is 2.39. The normalized spacial score (nSPS) is 20.8. The van der Waals surface area contributed by atoms with Gasteiger partial charge in [-0.1, -0.05) is 48.2 Å². The second-order valence-corrected chi connectivity index (χ2v) is 8.68. The van der Waals surface area contributed by atoms with Crippen molar-refractivity contribution in [2.45, 2.75) is 43.6 Å². The van der Waals surface area contributed by atoms with Gasteiger partial charge in [0, 0.05) is 37.4 Å². The number of amides is 1. The molecule has 9 heteroatoms. The maximum Gasteiger partial charge on any atom is 0.221 e. The Labute approximate surface area is 191 Å². The van der Waals surface area contributed by atoms with Crippen LogP contribution in [0.15, 0.2) is 60.0 Å². The minimum atomic E-state index is -0.539. The summed E-state index contributed by atoms with van der Waals surface area (Å²) in [5, 5.41) is 21.0. The summed E-state index contributed by atoms with van der Waals surface area (Å²) in [5.41, 5.74) is 3.51. The summed E-state index contributed by atoms with van der Waals surface area (Å²) in [7, 11) is 1.91. The van der Waals surface area contributed by atoms with E-state index in [1.165, 1.54) is 6.92 Å². The van der Waals surface area contributed by atoms with Gasteiger partial charge >= 0.3 is 0 Å². The molecule has 8 nitrogen and oxygen atoms in total. The number of carbonyl (C=O) groups is 1. The summed E-state index contributed by atoms with van der Waals surface area (Å²) in [4.78, 5) is 11.3. The van der Waals surface area contributed by atoms with Gasteiger partial charge in [-0.15, -0.1) is 10.2 Å². The Kier molecular flexibility index (Phi) is 7.21. The van der Waals surface area contributed by atoms with E-state index in [4.69, 9.17) is 9.47 Å². The molecule has 1 saturated heterocycles. The maximum atomic E-state index is 11.3. The molecule has 0 bridgehead atoms. The van der Waals surface area contributed by atoms with E-state index in [-0.39, 0.29) is 24.7 Å².